The zero-order chi connectivity index (χ0) is 17.1. The summed E-state index contributed by atoms with van der Waals surface area (Å²) in [4.78, 5) is 11.8. The van der Waals surface area contributed by atoms with Gasteiger partial charge in [-0.05, 0) is 65.4 Å². The minimum Gasteiger partial charge on any atom is -0.497 e. The van der Waals surface area contributed by atoms with E-state index in [0.717, 1.165) is 29.5 Å². The average molecular weight is 319 g/mol. The van der Waals surface area contributed by atoms with E-state index < -0.39 is 0 Å². The molecule has 0 radical (unpaired) electrons. The van der Waals surface area contributed by atoms with Gasteiger partial charge in [0.15, 0.2) is 0 Å². The van der Waals surface area contributed by atoms with Gasteiger partial charge < -0.3 is 9.47 Å². The Morgan fingerprint density at radius 1 is 1.12 bits per heavy atom. The summed E-state index contributed by atoms with van der Waals surface area (Å²) in [6.07, 6.45) is 3.93. The molecule has 0 bridgehead atoms. The van der Waals surface area contributed by atoms with Crippen molar-refractivity contribution in [1.82, 2.24) is 0 Å². The van der Waals surface area contributed by atoms with Crippen LogP contribution in [0.15, 0.2) is 42.5 Å². The number of carbonyl (C=O) groups is 1. The standard InChI is InChI=1S/C20H17NO3/c1-23-16-8-9-17(15(10-16)12-21)18-5-3-4-13-6-7-14(11-19(13)18)20(22)24-2/h5-11H,3-4H2,1-2H3. The van der Waals surface area contributed by atoms with Crippen LogP contribution in [0, 0.1) is 11.3 Å². The Labute approximate surface area is 140 Å². The molecule has 0 amide bonds. The van der Waals surface area contributed by atoms with Gasteiger partial charge in [0.2, 0.25) is 0 Å². The Morgan fingerprint density at radius 3 is 2.67 bits per heavy atom. The van der Waals surface area contributed by atoms with Crippen molar-refractivity contribution < 1.29 is 14.3 Å². The van der Waals surface area contributed by atoms with Gasteiger partial charge in [0.25, 0.3) is 0 Å². The fourth-order valence-corrected chi connectivity index (χ4v) is 3.00. The van der Waals surface area contributed by atoms with Crippen LogP contribution in [0.2, 0.25) is 0 Å². The molecule has 1 aliphatic carbocycles. The van der Waals surface area contributed by atoms with Crippen molar-refractivity contribution in [2.45, 2.75) is 12.8 Å². The number of nitrogens with zero attached hydrogens (tertiary/aromatic N) is 1. The summed E-state index contributed by atoms with van der Waals surface area (Å²) in [6.45, 7) is 0. The van der Waals surface area contributed by atoms with Crippen molar-refractivity contribution in [1.29, 1.82) is 5.26 Å². The van der Waals surface area contributed by atoms with Crippen molar-refractivity contribution in [2.24, 2.45) is 0 Å². The molecule has 0 fully saturated rings. The van der Waals surface area contributed by atoms with E-state index in [-0.39, 0.29) is 5.97 Å². The largest absolute Gasteiger partial charge is 0.497 e. The molecule has 4 nitrogen and oxygen atoms in total. The van der Waals surface area contributed by atoms with Gasteiger partial charge >= 0.3 is 5.97 Å². The van der Waals surface area contributed by atoms with E-state index in [1.807, 2.05) is 24.3 Å². The Morgan fingerprint density at radius 2 is 1.96 bits per heavy atom. The lowest BCUT2D eigenvalue weighted by atomic mass is 9.84. The van der Waals surface area contributed by atoms with Crippen LogP contribution in [0.3, 0.4) is 0 Å². The molecule has 24 heavy (non-hydrogen) atoms. The number of methoxy groups -OCH3 is 2. The van der Waals surface area contributed by atoms with Crippen molar-refractivity contribution in [3.8, 4) is 11.8 Å². The van der Waals surface area contributed by atoms with Crippen LogP contribution in [0.25, 0.3) is 5.57 Å². The Balaban J connectivity index is 2.13. The van der Waals surface area contributed by atoms with Crippen molar-refractivity contribution in [2.75, 3.05) is 14.2 Å². The minimum atomic E-state index is -0.363. The number of hydrogen-bond donors (Lipinski definition) is 0. The lowest BCUT2D eigenvalue weighted by molar-refractivity contribution is 0.0600. The van der Waals surface area contributed by atoms with Crippen LogP contribution in [-0.4, -0.2) is 20.2 Å². The normalized spacial score (nSPS) is 12.6. The summed E-state index contributed by atoms with van der Waals surface area (Å²) in [5, 5.41) is 9.49. The predicted octanol–water partition coefficient (Wildman–Crippen LogP) is 3.73. The third-order valence-electron chi connectivity index (χ3n) is 4.22. The van der Waals surface area contributed by atoms with Gasteiger partial charge in [-0.15, -0.1) is 0 Å². The number of benzene rings is 2. The molecule has 0 spiro atoms. The van der Waals surface area contributed by atoms with Gasteiger partial charge in [-0.1, -0.05) is 12.1 Å². The first-order chi connectivity index (χ1) is 11.7. The Kier molecular flexibility index (Phi) is 4.35. The molecule has 0 aromatic heterocycles. The van der Waals surface area contributed by atoms with Crippen LogP contribution in [0.1, 0.15) is 39.0 Å². The van der Waals surface area contributed by atoms with E-state index in [2.05, 4.69) is 12.1 Å². The molecule has 0 heterocycles. The number of fused-ring (bicyclic) bond motifs is 1. The molecule has 0 aliphatic heterocycles. The second kappa shape index (κ2) is 6.59. The molecule has 0 atom stereocenters. The lowest BCUT2D eigenvalue weighted by Gasteiger charge is -2.20. The highest BCUT2D eigenvalue weighted by molar-refractivity contribution is 5.93. The van der Waals surface area contributed by atoms with Gasteiger partial charge in [-0.25, -0.2) is 4.79 Å². The molecule has 4 heteroatoms. The Hall–Kier alpha value is -3.06. The first-order valence-electron chi connectivity index (χ1n) is 7.68. The van der Waals surface area contributed by atoms with Crippen LogP contribution < -0.4 is 4.74 Å². The van der Waals surface area contributed by atoms with E-state index in [1.54, 1.807) is 19.2 Å². The number of allylic oxidation sites excluding steroid dienone is 1. The fraction of sp³-hybridized carbons (Fsp3) is 0.200. The maximum atomic E-state index is 11.8. The summed E-state index contributed by atoms with van der Waals surface area (Å²) in [5.74, 6) is 0.285. The van der Waals surface area contributed by atoms with Crippen LogP contribution in [0.4, 0.5) is 0 Å². The summed E-state index contributed by atoms with van der Waals surface area (Å²) in [7, 11) is 2.95. The molecule has 2 aromatic carbocycles. The quantitative estimate of drug-likeness (QED) is 0.809. The third kappa shape index (κ3) is 2.77. The molecule has 0 saturated carbocycles. The monoisotopic (exact) mass is 319 g/mol. The minimum absolute atomic E-state index is 0.363. The summed E-state index contributed by atoms with van der Waals surface area (Å²) < 4.78 is 10.0. The second-order valence-corrected chi connectivity index (χ2v) is 5.54. The molecule has 120 valence electrons. The Bertz CT molecular complexity index is 875. The van der Waals surface area contributed by atoms with Gasteiger partial charge in [0.1, 0.15) is 5.75 Å². The van der Waals surface area contributed by atoms with E-state index in [1.165, 1.54) is 12.7 Å². The maximum Gasteiger partial charge on any atom is 0.337 e. The zero-order valence-corrected chi connectivity index (χ0v) is 13.6. The topological polar surface area (TPSA) is 59.3 Å². The molecule has 1 aliphatic rings. The van der Waals surface area contributed by atoms with Gasteiger partial charge in [-0.3, -0.25) is 0 Å². The SMILES string of the molecule is COC(=O)c1ccc2c(c1)C(c1ccc(OC)cc1C#N)=CCC2. The number of ether oxygens (including phenoxy) is 2. The van der Waals surface area contributed by atoms with E-state index in [9.17, 15) is 10.1 Å². The lowest BCUT2D eigenvalue weighted by Crippen LogP contribution is -2.07. The predicted molar refractivity (Wildman–Crippen MR) is 90.9 cm³/mol. The van der Waals surface area contributed by atoms with Crippen molar-refractivity contribution >= 4 is 11.5 Å². The number of hydrogen-bond acceptors (Lipinski definition) is 4. The summed E-state index contributed by atoms with van der Waals surface area (Å²) in [6, 6.07) is 13.3. The first-order valence-corrected chi connectivity index (χ1v) is 7.68. The highest BCUT2D eigenvalue weighted by atomic mass is 16.5. The van der Waals surface area contributed by atoms with E-state index in [0.29, 0.717) is 16.9 Å². The van der Waals surface area contributed by atoms with Crippen molar-refractivity contribution in [3.63, 3.8) is 0 Å². The molecule has 0 saturated heterocycles. The number of nitriles is 1. The zero-order valence-electron chi connectivity index (χ0n) is 13.6. The first kappa shape index (κ1) is 15.8. The number of rotatable bonds is 3. The molecule has 0 N–H and O–H groups in total. The smallest absolute Gasteiger partial charge is 0.337 e. The van der Waals surface area contributed by atoms with Crippen LogP contribution >= 0.6 is 0 Å². The van der Waals surface area contributed by atoms with Gasteiger partial charge in [0, 0.05) is 0 Å². The summed E-state index contributed by atoms with van der Waals surface area (Å²) in [5.41, 5.74) is 5.03. The van der Waals surface area contributed by atoms with Crippen molar-refractivity contribution in [3.05, 3.63) is 70.3 Å². The number of carbonyl (C=O) groups excluding carboxylic acids is 1. The number of aryl methyl sites for hydroxylation is 1. The molecule has 2 aromatic rings. The maximum absolute atomic E-state index is 11.8. The second-order valence-electron chi connectivity index (χ2n) is 5.54. The van der Waals surface area contributed by atoms with E-state index in [4.69, 9.17) is 9.47 Å². The van der Waals surface area contributed by atoms with Crippen LogP contribution in [-0.2, 0) is 11.2 Å². The van der Waals surface area contributed by atoms with Gasteiger partial charge in [0.05, 0.1) is 31.4 Å². The molecular weight excluding hydrogens is 302 g/mol. The third-order valence-corrected chi connectivity index (χ3v) is 4.22. The fourth-order valence-electron chi connectivity index (χ4n) is 3.00. The molecule has 3 rings (SSSR count). The number of esters is 1. The highest BCUT2D eigenvalue weighted by Gasteiger charge is 2.19. The van der Waals surface area contributed by atoms with E-state index >= 15 is 0 Å². The van der Waals surface area contributed by atoms with Gasteiger partial charge in [-0.2, -0.15) is 5.26 Å². The molecule has 0 unspecified atom stereocenters. The highest BCUT2D eigenvalue weighted by Crippen LogP contribution is 2.35. The summed E-state index contributed by atoms with van der Waals surface area (Å²) >= 11 is 0. The average Bonchev–Trinajstić information content (AvgIpc) is 2.65. The molecular formula is C20H17NO3. The van der Waals surface area contributed by atoms with Crippen LogP contribution in [0.5, 0.6) is 5.75 Å².